The van der Waals surface area contributed by atoms with Gasteiger partial charge in [0.25, 0.3) is 5.91 Å². The summed E-state index contributed by atoms with van der Waals surface area (Å²) in [6.07, 6.45) is 5.31. The summed E-state index contributed by atoms with van der Waals surface area (Å²) in [6, 6.07) is 51.9. The number of ketones is 1. The number of piperidine rings is 4. The van der Waals surface area contributed by atoms with Gasteiger partial charge in [0.2, 0.25) is 0 Å². The number of carbonyl (C=O) groups excluding carboxylic acids is 6. The molecular weight excluding hydrogens is 1740 g/mol. The van der Waals surface area contributed by atoms with Crippen LogP contribution in [0.1, 0.15) is 252 Å². The highest BCUT2D eigenvalue weighted by Crippen LogP contribution is 2.51. The molecule has 138 heavy (non-hydrogen) atoms. The van der Waals surface area contributed by atoms with Crippen LogP contribution in [-0.4, -0.2) is 150 Å². The van der Waals surface area contributed by atoms with Crippen LogP contribution in [0.5, 0.6) is 0 Å². The lowest BCUT2D eigenvalue weighted by Gasteiger charge is -2.50. The number of hydroxylamine groups is 8. The van der Waals surface area contributed by atoms with Crippen molar-refractivity contribution in [1.29, 1.82) is 0 Å². The van der Waals surface area contributed by atoms with Crippen LogP contribution in [0.3, 0.4) is 0 Å². The van der Waals surface area contributed by atoms with Gasteiger partial charge in [0.15, 0.2) is 5.78 Å². The Hall–Kier alpha value is -13.9. The van der Waals surface area contributed by atoms with Gasteiger partial charge in [-0.2, -0.15) is 20.3 Å². The second-order valence-corrected chi connectivity index (χ2v) is 43.7. The SMILES string of the molecule is CC1(C)CC(=c2c3ccc(N)cc3c(=C3CC(C)(C)N(O)C(C)(C)C3)c3ccc(N)cc23)CC(C)(C)N1O.CNc1ccc2c(=C3CC(C)(C)N(O)C(C)(C)C3)c3cc(NC(=O)c4ccc5c6ccc(C(=O)O)c7c(C(C)=O)ccc(c8ccc(C(=O)O)c4c85)c76)ccc3c(=C3CC(C)(C)N(O)C(C)(C)C3)c2c1.O=C1OC(=O)c2ccc3c4ccc5c6c(ccc(c7ccc1c2c73)c64)C(=O)OC5=O. The maximum Gasteiger partial charge on any atom is 0.346 e. The van der Waals surface area contributed by atoms with Crippen LogP contribution < -0.4 is 43.0 Å². The molecule has 0 aliphatic carbocycles. The fourth-order valence-electron chi connectivity index (χ4n) is 25.1. The van der Waals surface area contributed by atoms with Crippen LogP contribution in [0.15, 0.2) is 170 Å². The number of hydrogen-bond donors (Lipinski definition) is 10. The number of Topliss-reactive ketones (excluding diaryl/α,β-unsaturated/α-hetero) is 1. The van der Waals surface area contributed by atoms with Gasteiger partial charge in [-0.1, -0.05) is 101 Å². The second kappa shape index (κ2) is 31.3. The number of nitrogens with two attached hydrogens (primary N) is 2. The summed E-state index contributed by atoms with van der Waals surface area (Å²) < 4.78 is 9.74. The Bertz CT molecular complexity index is 8060. The summed E-state index contributed by atoms with van der Waals surface area (Å²) in [5.74, 6) is -5.87. The molecule has 4 saturated heterocycles. The van der Waals surface area contributed by atoms with Crippen molar-refractivity contribution < 1.29 is 78.9 Å². The van der Waals surface area contributed by atoms with E-state index in [4.69, 9.17) is 20.9 Å². The van der Waals surface area contributed by atoms with Crippen molar-refractivity contribution in [2.45, 2.75) is 213 Å². The Kier molecular flexibility index (Phi) is 20.8. The van der Waals surface area contributed by atoms with Gasteiger partial charge in [-0.05, 0) is 389 Å². The number of carboxylic acid groups (broad SMARTS) is 2. The normalized spacial score (nSPS) is 19.0. The van der Waals surface area contributed by atoms with Crippen molar-refractivity contribution in [1.82, 2.24) is 20.3 Å². The zero-order valence-electron chi connectivity index (χ0n) is 80.5. The van der Waals surface area contributed by atoms with Crippen molar-refractivity contribution in [3.63, 3.8) is 0 Å². The Labute approximate surface area is 794 Å². The lowest BCUT2D eigenvalue weighted by atomic mass is 9.75. The molecule has 4 fully saturated rings. The predicted molar refractivity (Wildman–Crippen MR) is 544 cm³/mol. The first-order valence-electron chi connectivity index (χ1n) is 46.7. The summed E-state index contributed by atoms with van der Waals surface area (Å²) in [5.41, 5.74) is 18.4. The standard InChI is InChI=1S/C58H58N4O8.C32H44N4O2.C24H8O6/c1-29(63)34-15-16-35-38-19-22-43(54(67)68)51-41(20-17-36(50(38)51)37-18-21-42(53(65)66)48(34)49(35)37)52(64)60-33-12-14-40-45(24-33)47(31-27-57(6,7)62(70)58(8,9)28-31)39-13-11-32(59-10)23-44(39)46(40)30-25-55(2,3)61(69)56(4,5)26-30;1-29(2)15-19(16-30(3,4)35(29)37)27-23-11-9-22(34)14-26(23)28(24-12-10-21(33)13-25(24)27)20-17-31(5,6)36(38)32(7,8)18-20;25-21-13-5-1-9-10-2-6-15-20-16(24(28)30-23(15)27)8-4-12(18(10)20)11-3-7-14(22(26)29-21)19(13)17(9)11/h11-24,59,69-70H,25-28H2,1-10H3,(H,60,64)(H,65,66)(H,67,68);9-14,37-38H,15-18,33-34H2,1-8H3;1-8H. The minimum absolute atomic E-state index is 0.0171. The van der Waals surface area contributed by atoms with Gasteiger partial charge in [-0.15, -0.1) is 0 Å². The van der Waals surface area contributed by atoms with Crippen LogP contribution >= 0.6 is 0 Å². The molecule has 0 radical (unpaired) electrons. The molecular formula is C114H110N8O16. The summed E-state index contributed by atoms with van der Waals surface area (Å²) in [7, 11) is 1.91. The van der Waals surface area contributed by atoms with Crippen LogP contribution in [0.25, 0.3) is 152 Å². The number of rotatable bonds is 6. The molecule has 702 valence electrons. The zero-order chi connectivity index (χ0) is 98.6. The van der Waals surface area contributed by atoms with Gasteiger partial charge in [-0.25, -0.2) is 28.8 Å². The Morgan fingerprint density at radius 1 is 0.290 bits per heavy atom. The van der Waals surface area contributed by atoms with E-state index in [2.05, 4.69) is 142 Å². The summed E-state index contributed by atoms with van der Waals surface area (Å²) in [6.45, 7) is 34.6. The number of esters is 4. The molecule has 0 unspecified atom stereocenters. The molecule has 6 aliphatic rings. The number of ether oxygens (including phenoxy) is 2. The largest absolute Gasteiger partial charge is 0.478 e. The van der Waals surface area contributed by atoms with Gasteiger partial charge < -0.3 is 62.6 Å². The van der Waals surface area contributed by atoms with E-state index in [9.17, 15) is 64.6 Å². The van der Waals surface area contributed by atoms with Crippen molar-refractivity contribution in [2.24, 2.45) is 0 Å². The maximum atomic E-state index is 15.0. The fraction of sp³-hybridized carbons (Fsp3) is 0.298. The predicted octanol–water partition coefficient (Wildman–Crippen LogP) is 21.2. The number of hydrogen-bond acceptors (Lipinski definition) is 21. The number of amides is 1. The van der Waals surface area contributed by atoms with E-state index in [1.54, 1.807) is 60.7 Å². The van der Waals surface area contributed by atoms with E-state index < -0.39 is 86.0 Å². The molecule has 0 atom stereocenters. The van der Waals surface area contributed by atoms with E-state index in [0.717, 1.165) is 134 Å². The third-order valence-electron chi connectivity index (χ3n) is 30.1. The molecule has 1 amide bonds. The van der Waals surface area contributed by atoms with Crippen LogP contribution in [0.2, 0.25) is 0 Å². The van der Waals surface area contributed by atoms with Crippen LogP contribution in [0, 0.1) is 0 Å². The Morgan fingerprint density at radius 3 is 0.804 bits per heavy atom. The summed E-state index contributed by atoms with van der Waals surface area (Å²) >= 11 is 0. The number of nitrogens with zero attached hydrogens (tertiary/aromatic N) is 4. The molecule has 6 aliphatic heterocycles. The zero-order valence-corrected chi connectivity index (χ0v) is 80.5. The van der Waals surface area contributed by atoms with Crippen molar-refractivity contribution in [3.8, 4) is 0 Å². The molecule has 0 bridgehead atoms. The average Bonchev–Trinajstić information content (AvgIpc) is 0.694. The smallest absolute Gasteiger partial charge is 0.346 e. The van der Waals surface area contributed by atoms with E-state index in [-0.39, 0.29) is 33.4 Å². The number of nitrogen functional groups attached to an aromatic ring is 2. The van der Waals surface area contributed by atoms with Crippen molar-refractivity contribution in [3.05, 3.63) is 235 Å². The quantitative estimate of drug-likeness (QED) is 0.0185. The number of carbonyl (C=O) groups is 8. The lowest BCUT2D eigenvalue weighted by molar-refractivity contribution is -0.228. The van der Waals surface area contributed by atoms with E-state index in [1.807, 2.05) is 83.3 Å². The molecule has 22 rings (SSSR count). The Morgan fingerprint density at radius 2 is 0.522 bits per heavy atom. The van der Waals surface area contributed by atoms with E-state index in [0.29, 0.717) is 102 Å². The highest BCUT2D eigenvalue weighted by atomic mass is 16.6. The molecule has 16 aromatic carbocycles. The first kappa shape index (κ1) is 91.8. The maximum absolute atomic E-state index is 15.0. The Balaban J connectivity index is 0.000000143. The molecule has 0 spiro atoms. The molecule has 16 aromatic rings. The van der Waals surface area contributed by atoms with Gasteiger partial charge in [-0.3, -0.25) is 9.59 Å². The fourth-order valence-corrected chi connectivity index (χ4v) is 25.1. The van der Waals surface area contributed by atoms with Gasteiger partial charge >= 0.3 is 35.8 Å². The number of fused-ring (bicyclic) bond motifs is 8. The van der Waals surface area contributed by atoms with Crippen molar-refractivity contribution in [2.75, 3.05) is 29.1 Å². The van der Waals surface area contributed by atoms with Crippen LogP contribution in [0.4, 0.5) is 22.7 Å². The van der Waals surface area contributed by atoms with Gasteiger partial charge in [0.05, 0.1) is 33.4 Å². The summed E-state index contributed by atoms with van der Waals surface area (Å²) in [4.78, 5) is 103. The third kappa shape index (κ3) is 14.1. The topological polar surface area (TPSA) is 365 Å². The highest BCUT2D eigenvalue weighted by molar-refractivity contribution is 6.41. The monoisotopic (exact) mass is 1850 g/mol. The molecule has 0 aromatic heterocycles. The third-order valence-corrected chi connectivity index (χ3v) is 30.1. The number of nitrogens with one attached hydrogen (secondary N) is 2. The van der Waals surface area contributed by atoms with Gasteiger partial charge in [0.1, 0.15) is 0 Å². The van der Waals surface area contributed by atoms with E-state index in [1.165, 1.54) is 66.5 Å². The number of anilines is 4. The number of aromatic carboxylic acids is 2. The first-order valence-corrected chi connectivity index (χ1v) is 46.7. The van der Waals surface area contributed by atoms with Gasteiger partial charge in [0, 0.05) is 107 Å². The van der Waals surface area contributed by atoms with E-state index >= 15 is 4.79 Å². The lowest BCUT2D eigenvalue weighted by Crippen LogP contribution is -2.57. The minimum Gasteiger partial charge on any atom is -0.478 e. The number of benzene rings is 16. The number of cyclic esters (lactones) is 4. The molecule has 24 nitrogen and oxygen atoms in total. The molecule has 6 heterocycles. The number of carboxylic acids is 2. The summed E-state index contributed by atoms with van der Waals surface area (Å²) in [5, 5.41) is 102. The van der Waals surface area contributed by atoms with Crippen LogP contribution in [-0.2, 0) is 9.47 Å². The molecule has 0 saturated carbocycles. The first-order chi connectivity index (χ1) is 64.8. The highest BCUT2D eigenvalue weighted by Gasteiger charge is 2.49. The minimum atomic E-state index is -1.22. The average molecular weight is 1850 g/mol. The second-order valence-electron chi connectivity index (χ2n) is 43.7. The molecule has 12 N–H and O–H groups in total. The molecule has 24 heteroatoms. The van der Waals surface area contributed by atoms with Crippen molar-refractivity contribution >= 4 is 222 Å².